The normalized spacial score (nSPS) is 16.9. The lowest BCUT2D eigenvalue weighted by molar-refractivity contribution is -0.146. The molecule has 0 aromatic carbocycles. The topological polar surface area (TPSA) is 76.1 Å². The molecular weight excluding hydrogens is 262 g/mol. The Kier molecular flexibility index (Phi) is 4.94. The second-order valence-electron chi connectivity index (χ2n) is 5.49. The van der Waals surface area contributed by atoms with Crippen molar-refractivity contribution in [1.29, 1.82) is 0 Å². The van der Waals surface area contributed by atoms with Crippen molar-refractivity contribution < 1.29 is 24.2 Å². The van der Waals surface area contributed by atoms with Gasteiger partial charge in [-0.1, -0.05) is 0 Å². The molecule has 20 heavy (non-hydrogen) atoms. The molecular formula is C14H21NO5. The number of carbonyl (C=O) groups is 2. The number of carbonyl (C=O) groups excluding carboxylic acids is 2. The molecule has 0 aliphatic carbocycles. The van der Waals surface area contributed by atoms with E-state index in [-0.39, 0.29) is 13.0 Å². The average molecular weight is 283 g/mol. The Balaban J connectivity index is 2.63. The second kappa shape index (κ2) is 6.09. The molecule has 1 aliphatic rings. The van der Waals surface area contributed by atoms with E-state index >= 15 is 0 Å². The van der Waals surface area contributed by atoms with Crippen LogP contribution < -0.4 is 0 Å². The molecule has 0 bridgehead atoms. The predicted molar refractivity (Wildman–Crippen MR) is 72.6 cm³/mol. The van der Waals surface area contributed by atoms with E-state index in [4.69, 9.17) is 9.47 Å². The van der Waals surface area contributed by atoms with Crippen LogP contribution in [0.4, 0.5) is 4.79 Å². The Morgan fingerprint density at radius 1 is 1.25 bits per heavy atom. The molecule has 0 spiro atoms. The van der Waals surface area contributed by atoms with Crippen molar-refractivity contribution in [2.45, 2.75) is 45.3 Å². The van der Waals surface area contributed by atoms with Gasteiger partial charge in [-0.15, -0.1) is 0 Å². The molecule has 1 aliphatic heterocycles. The molecule has 0 aromatic rings. The first-order valence-electron chi connectivity index (χ1n) is 6.43. The predicted octanol–water partition coefficient (Wildman–Crippen LogP) is 1.95. The van der Waals surface area contributed by atoms with Crippen LogP contribution in [0.25, 0.3) is 0 Å². The molecule has 0 aromatic heterocycles. The largest absolute Gasteiger partial charge is 0.466 e. The first-order chi connectivity index (χ1) is 9.15. The fourth-order valence-electron chi connectivity index (χ4n) is 1.52. The van der Waals surface area contributed by atoms with Gasteiger partial charge < -0.3 is 14.6 Å². The zero-order chi connectivity index (χ0) is 15.4. The monoisotopic (exact) mass is 283 g/mol. The zero-order valence-corrected chi connectivity index (χ0v) is 12.3. The summed E-state index contributed by atoms with van der Waals surface area (Å²) in [5, 5.41) is 10.1. The molecule has 0 unspecified atom stereocenters. The number of nitrogens with zero attached hydrogens (tertiary/aromatic N) is 1. The van der Waals surface area contributed by atoms with Gasteiger partial charge in [-0.05, 0) is 39.8 Å². The van der Waals surface area contributed by atoms with Crippen LogP contribution in [0, 0.1) is 0 Å². The number of hydrogen-bond acceptors (Lipinski definition) is 5. The summed E-state index contributed by atoms with van der Waals surface area (Å²) in [6, 6.07) is 0. The van der Waals surface area contributed by atoms with Crippen LogP contribution in [-0.4, -0.2) is 39.9 Å². The number of esters is 1. The van der Waals surface area contributed by atoms with Crippen LogP contribution in [0.5, 0.6) is 0 Å². The van der Waals surface area contributed by atoms with Crippen molar-refractivity contribution in [1.82, 2.24) is 4.90 Å². The average Bonchev–Trinajstić information content (AvgIpc) is 2.26. The van der Waals surface area contributed by atoms with E-state index in [2.05, 4.69) is 0 Å². The second-order valence-corrected chi connectivity index (χ2v) is 5.49. The van der Waals surface area contributed by atoms with Crippen LogP contribution in [0.1, 0.15) is 34.1 Å². The number of hydrogen-bond donors (Lipinski definition) is 1. The van der Waals surface area contributed by atoms with Gasteiger partial charge in [0.05, 0.1) is 13.0 Å². The van der Waals surface area contributed by atoms with E-state index in [1.807, 2.05) is 0 Å². The fourth-order valence-corrected chi connectivity index (χ4v) is 1.52. The van der Waals surface area contributed by atoms with Crippen LogP contribution in [0.2, 0.25) is 0 Å². The van der Waals surface area contributed by atoms with Gasteiger partial charge in [0.25, 0.3) is 0 Å². The number of ether oxygens (including phenoxy) is 2. The Labute approximate surface area is 118 Å². The SMILES string of the molecule is CCOC(=O)CC1(O)C=CN(C(=O)OC(C)(C)C)C=C1. The molecule has 0 radical (unpaired) electrons. The molecule has 6 heteroatoms. The first-order valence-corrected chi connectivity index (χ1v) is 6.43. The third-order valence-electron chi connectivity index (χ3n) is 2.38. The minimum Gasteiger partial charge on any atom is -0.466 e. The summed E-state index contributed by atoms with van der Waals surface area (Å²) in [4.78, 5) is 24.3. The number of aliphatic hydroxyl groups is 1. The summed E-state index contributed by atoms with van der Waals surface area (Å²) in [6.45, 7) is 7.24. The molecule has 0 saturated carbocycles. The Morgan fingerprint density at radius 2 is 1.80 bits per heavy atom. The van der Waals surface area contributed by atoms with E-state index in [9.17, 15) is 14.7 Å². The van der Waals surface area contributed by atoms with Gasteiger partial charge in [0.15, 0.2) is 0 Å². The smallest absolute Gasteiger partial charge is 0.418 e. The highest BCUT2D eigenvalue weighted by Crippen LogP contribution is 2.21. The van der Waals surface area contributed by atoms with E-state index in [1.54, 1.807) is 27.7 Å². The molecule has 0 fully saturated rings. The van der Waals surface area contributed by atoms with Gasteiger partial charge in [-0.2, -0.15) is 0 Å². The lowest BCUT2D eigenvalue weighted by Crippen LogP contribution is -2.36. The highest BCUT2D eigenvalue weighted by Gasteiger charge is 2.29. The first kappa shape index (κ1) is 16.2. The lowest BCUT2D eigenvalue weighted by atomic mass is 9.98. The summed E-state index contributed by atoms with van der Waals surface area (Å²) in [6.07, 6.45) is 4.70. The van der Waals surface area contributed by atoms with Gasteiger partial charge >= 0.3 is 12.1 Å². The highest BCUT2D eigenvalue weighted by atomic mass is 16.6. The highest BCUT2D eigenvalue weighted by molar-refractivity contribution is 5.73. The molecule has 0 saturated heterocycles. The molecule has 1 heterocycles. The molecule has 6 nitrogen and oxygen atoms in total. The molecule has 1 rings (SSSR count). The maximum absolute atomic E-state index is 11.8. The van der Waals surface area contributed by atoms with Crippen molar-refractivity contribution in [3.8, 4) is 0 Å². The van der Waals surface area contributed by atoms with Crippen LogP contribution >= 0.6 is 0 Å². The summed E-state index contributed by atoms with van der Waals surface area (Å²) in [5.74, 6) is -0.505. The quantitative estimate of drug-likeness (QED) is 0.801. The number of amides is 1. The minimum atomic E-state index is -1.44. The minimum absolute atomic E-state index is 0.198. The van der Waals surface area contributed by atoms with E-state index in [1.165, 1.54) is 29.5 Å². The molecule has 112 valence electrons. The number of rotatable bonds is 3. The standard InChI is InChI=1S/C14H21NO5/c1-5-19-11(16)10-14(18)6-8-15(9-7-14)12(17)20-13(2,3)4/h6-9,18H,5,10H2,1-4H3. The Hall–Kier alpha value is -1.82. The van der Waals surface area contributed by atoms with Gasteiger partial charge in [0.1, 0.15) is 11.2 Å². The van der Waals surface area contributed by atoms with Crippen molar-refractivity contribution in [2.24, 2.45) is 0 Å². The van der Waals surface area contributed by atoms with Crippen LogP contribution in [0.15, 0.2) is 24.6 Å². The molecule has 0 atom stereocenters. The van der Waals surface area contributed by atoms with Crippen LogP contribution in [0.3, 0.4) is 0 Å². The summed E-state index contributed by atoms with van der Waals surface area (Å²) < 4.78 is 9.95. The fraction of sp³-hybridized carbons (Fsp3) is 0.571. The lowest BCUT2D eigenvalue weighted by Gasteiger charge is -2.28. The van der Waals surface area contributed by atoms with Gasteiger partial charge in [0.2, 0.25) is 0 Å². The zero-order valence-electron chi connectivity index (χ0n) is 12.3. The van der Waals surface area contributed by atoms with Crippen LogP contribution in [-0.2, 0) is 14.3 Å². The summed E-state index contributed by atoms with van der Waals surface area (Å²) in [5.41, 5.74) is -2.04. The molecule has 1 N–H and O–H groups in total. The maximum atomic E-state index is 11.8. The Morgan fingerprint density at radius 3 is 2.25 bits per heavy atom. The van der Waals surface area contributed by atoms with E-state index < -0.39 is 23.3 Å². The summed E-state index contributed by atoms with van der Waals surface area (Å²) in [7, 11) is 0. The summed E-state index contributed by atoms with van der Waals surface area (Å²) >= 11 is 0. The van der Waals surface area contributed by atoms with Gasteiger partial charge in [-0.3, -0.25) is 9.69 Å². The third kappa shape index (κ3) is 5.05. The van der Waals surface area contributed by atoms with Gasteiger partial charge in [0, 0.05) is 12.4 Å². The molecule has 1 amide bonds. The van der Waals surface area contributed by atoms with Crippen molar-refractivity contribution in [3.05, 3.63) is 24.6 Å². The van der Waals surface area contributed by atoms with Crippen molar-refractivity contribution in [2.75, 3.05) is 6.61 Å². The van der Waals surface area contributed by atoms with Crippen molar-refractivity contribution in [3.63, 3.8) is 0 Å². The van der Waals surface area contributed by atoms with Crippen molar-refractivity contribution >= 4 is 12.1 Å². The maximum Gasteiger partial charge on any atom is 0.418 e. The van der Waals surface area contributed by atoms with E-state index in [0.717, 1.165) is 0 Å². The Bertz CT molecular complexity index is 419. The van der Waals surface area contributed by atoms with E-state index in [0.29, 0.717) is 0 Å². The third-order valence-corrected chi connectivity index (χ3v) is 2.38. The van der Waals surface area contributed by atoms with Gasteiger partial charge in [-0.25, -0.2) is 4.79 Å².